The highest BCUT2D eigenvalue weighted by Gasteiger charge is 2.11. The fourth-order valence-corrected chi connectivity index (χ4v) is 2.62. The molecule has 1 atom stereocenters. The van der Waals surface area contributed by atoms with Crippen LogP contribution in [0.5, 0.6) is 5.75 Å². The number of amides is 1. The number of phenols is 1. The van der Waals surface area contributed by atoms with Gasteiger partial charge in [0.1, 0.15) is 5.75 Å². The topological polar surface area (TPSA) is 61.4 Å². The molecule has 1 amide bonds. The van der Waals surface area contributed by atoms with Crippen molar-refractivity contribution in [2.45, 2.75) is 39.5 Å². The van der Waals surface area contributed by atoms with E-state index in [2.05, 4.69) is 31.4 Å². The van der Waals surface area contributed by atoms with Gasteiger partial charge in [-0.1, -0.05) is 39.0 Å². The van der Waals surface area contributed by atoms with E-state index in [0.29, 0.717) is 17.2 Å². The van der Waals surface area contributed by atoms with E-state index in [1.807, 2.05) is 24.3 Å². The molecule has 0 spiro atoms. The van der Waals surface area contributed by atoms with Crippen LogP contribution in [-0.4, -0.2) is 16.1 Å². The first-order valence-electron chi connectivity index (χ1n) is 8.48. The van der Waals surface area contributed by atoms with Crippen LogP contribution in [0.4, 0.5) is 5.69 Å². The Kier molecular flexibility index (Phi) is 6.53. The molecule has 0 saturated heterocycles. The number of aryl methyl sites for hydroxylation is 1. The van der Waals surface area contributed by atoms with Crippen LogP contribution >= 0.6 is 12.2 Å². The lowest BCUT2D eigenvalue weighted by molar-refractivity contribution is 0.0977. The van der Waals surface area contributed by atoms with E-state index in [1.165, 1.54) is 5.56 Å². The molecular formula is C20H24N2O2S. The van der Waals surface area contributed by atoms with Crippen LogP contribution in [0.15, 0.2) is 42.5 Å². The second-order valence-corrected chi connectivity index (χ2v) is 6.45. The normalized spacial score (nSPS) is 11.6. The van der Waals surface area contributed by atoms with Gasteiger partial charge in [-0.2, -0.15) is 0 Å². The number of aromatic hydroxyl groups is 1. The van der Waals surface area contributed by atoms with Crippen molar-refractivity contribution in [3.8, 4) is 5.75 Å². The summed E-state index contributed by atoms with van der Waals surface area (Å²) >= 11 is 5.20. The zero-order valence-electron chi connectivity index (χ0n) is 14.8. The van der Waals surface area contributed by atoms with Crippen LogP contribution < -0.4 is 10.6 Å². The Hall–Kier alpha value is -2.40. The van der Waals surface area contributed by atoms with E-state index in [9.17, 15) is 9.90 Å². The van der Waals surface area contributed by atoms with Crippen LogP contribution in [0.25, 0.3) is 0 Å². The van der Waals surface area contributed by atoms with Gasteiger partial charge in [0.05, 0.1) is 5.69 Å². The highest BCUT2D eigenvalue weighted by Crippen LogP contribution is 2.29. The van der Waals surface area contributed by atoms with Crippen LogP contribution in [-0.2, 0) is 6.42 Å². The largest absolute Gasteiger partial charge is 0.506 e. The van der Waals surface area contributed by atoms with Crippen LogP contribution in [0.2, 0.25) is 0 Å². The Morgan fingerprint density at radius 3 is 2.44 bits per heavy atom. The molecule has 25 heavy (non-hydrogen) atoms. The molecule has 0 aliphatic carbocycles. The highest BCUT2D eigenvalue weighted by atomic mass is 32.1. The van der Waals surface area contributed by atoms with Crippen molar-refractivity contribution in [2.24, 2.45) is 0 Å². The minimum absolute atomic E-state index is 0.0935. The van der Waals surface area contributed by atoms with Crippen LogP contribution in [0.1, 0.15) is 54.6 Å². The molecule has 0 saturated carbocycles. The molecule has 5 heteroatoms. The first-order chi connectivity index (χ1) is 11.9. The molecular weight excluding hydrogens is 332 g/mol. The summed E-state index contributed by atoms with van der Waals surface area (Å²) < 4.78 is 0. The number of nitrogens with one attached hydrogen (secondary N) is 2. The average Bonchev–Trinajstić information content (AvgIpc) is 2.62. The number of anilines is 1. The Morgan fingerprint density at radius 2 is 1.84 bits per heavy atom. The number of thiocarbonyl (C=S) groups is 1. The molecule has 0 aromatic heterocycles. The third-order valence-corrected chi connectivity index (χ3v) is 4.51. The number of phenolic OH excluding ortho intramolecular Hbond substituents is 1. The second-order valence-electron chi connectivity index (χ2n) is 6.04. The molecule has 3 N–H and O–H groups in total. The molecule has 2 rings (SSSR count). The van der Waals surface area contributed by atoms with Crippen molar-refractivity contribution in [1.82, 2.24) is 5.32 Å². The Balaban J connectivity index is 2.05. The molecule has 1 unspecified atom stereocenters. The van der Waals surface area contributed by atoms with Crippen molar-refractivity contribution >= 4 is 28.9 Å². The van der Waals surface area contributed by atoms with Gasteiger partial charge in [0.25, 0.3) is 5.91 Å². The summed E-state index contributed by atoms with van der Waals surface area (Å²) in [5.41, 5.74) is 3.31. The number of benzene rings is 2. The smallest absolute Gasteiger partial charge is 0.257 e. The third kappa shape index (κ3) is 5.03. The van der Waals surface area contributed by atoms with Gasteiger partial charge in [-0.15, -0.1) is 0 Å². The van der Waals surface area contributed by atoms with Gasteiger partial charge in [-0.05, 0) is 66.4 Å². The number of hydrogen-bond donors (Lipinski definition) is 3. The summed E-state index contributed by atoms with van der Waals surface area (Å²) in [6.45, 7) is 6.30. The van der Waals surface area contributed by atoms with Crippen molar-refractivity contribution < 1.29 is 9.90 Å². The molecule has 0 bridgehead atoms. The minimum atomic E-state index is -0.280. The van der Waals surface area contributed by atoms with Gasteiger partial charge in [-0.25, -0.2) is 0 Å². The molecule has 0 aliphatic rings. The average molecular weight is 356 g/mol. The quantitative estimate of drug-likeness (QED) is 0.541. The molecule has 2 aromatic rings. The summed E-state index contributed by atoms with van der Waals surface area (Å²) in [4.78, 5) is 12.3. The summed E-state index contributed by atoms with van der Waals surface area (Å²) in [6.07, 6.45) is 1.92. The monoisotopic (exact) mass is 356 g/mol. The summed E-state index contributed by atoms with van der Waals surface area (Å²) in [5, 5.41) is 15.7. The first kappa shape index (κ1) is 18.9. The summed E-state index contributed by atoms with van der Waals surface area (Å²) in [6, 6.07) is 12.8. The van der Waals surface area contributed by atoms with Gasteiger partial charge in [0.15, 0.2) is 5.11 Å². The molecule has 132 valence electrons. The molecule has 0 aliphatic heterocycles. The lowest BCUT2D eigenvalue weighted by atomic mass is 9.98. The molecule has 2 aromatic carbocycles. The predicted octanol–water partition coefficient (Wildman–Crippen LogP) is 4.59. The standard InChI is InChI=1S/C20H24N2O2S/c1-4-13(3)16-10-11-18(23)17(12-16)21-20(25)22-19(24)15-8-6-14(5-2)7-9-15/h6-13,23H,4-5H2,1-3H3,(H2,21,22,24,25). The number of carbonyl (C=O) groups is 1. The fourth-order valence-electron chi connectivity index (χ4n) is 2.42. The van der Waals surface area contributed by atoms with E-state index < -0.39 is 0 Å². The Bertz CT molecular complexity index is 757. The number of hydrogen-bond acceptors (Lipinski definition) is 3. The molecule has 0 heterocycles. The predicted molar refractivity (Wildman–Crippen MR) is 106 cm³/mol. The van der Waals surface area contributed by atoms with E-state index in [0.717, 1.165) is 18.4 Å². The van der Waals surface area contributed by atoms with E-state index in [4.69, 9.17) is 12.2 Å². The lowest BCUT2D eigenvalue weighted by Gasteiger charge is -2.15. The number of carbonyl (C=O) groups excluding carboxylic acids is 1. The Morgan fingerprint density at radius 1 is 1.16 bits per heavy atom. The summed E-state index contributed by atoms with van der Waals surface area (Å²) in [5.74, 6) is 0.190. The van der Waals surface area contributed by atoms with Crippen molar-refractivity contribution in [3.63, 3.8) is 0 Å². The van der Waals surface area contributed by atoms with Crippen molar-refractivity contribution in [1.29, 1.82) is 0 Å². The van der Waals surface area contributed by atoms with Crippen molar-refractivity contribution in [3.05, 3.63) is 59.2 Å². The summed E-state index contributed by atoms with van der Waals surface area (Å²) in [7, 11) is 0. The molecule has 0 radical (unpaired) electrons. The van der Waals surface area contributed by atoms with Gasteiger partial charge in [0, 0.05) is 5.56 Å². The number of rotatable bonds is 5. The Labute approximate surface area is 154 Å². The molecule has 4 nitrogen and oxygen atoms in total. The van der Waals surface area contributed by atoms with Gasteiger partial charge in [0.2, 0.25) is 0 Å². The third-order valence-electron chi connectivity index (χ3n) is 4.30. The van der Waals surface area contributed by atoms with Crippen LogP contribution in [0.3, 0.4) is 0 Å². The highest BCUT2D eigenvalue weighted by molar-refractivity contribution is 7.80. The van der Waals surface area contributed by atoms with Gasteiger partial charge in [-0.3, -0.25) is 10.1 Å². The van der Waals surface area contributed by atoms with Crippen LogP contribution in [0, 0.1) is 0 Å². The second kappa shape index (κ2) is 8.62. The molecule has 0 fully saturated rings. The maximum Gasteiger partial charge on any atom is 0.257 e. The SMILES string of the molecule is CCc1ccc(C(=O)NC(=S)Nc2cc(C(C)CC)ccc2O)cc1. The zero-order valence-corrected chi connectivity index (χ0v) is 15.6. The maximum absolute atomic E-state index is 12.3. The van der Waals surface area contributed by atoms with E-state index in [-0.39, 0.29) is 16.8 Å². The maximum atomic E-state index is 12.3. The first-order valence-corrected chi connectivity index (χ1v) is 8.89. The van der Waals surface area contributed by atoms with Crippen molar-refractivity contribution in [2.75, 3.05) is 5.32 Å². The van der Waals surface area contributed by atoms with E-state index in [1.54, 1.807) is 18.2 Å². The van der Waals surface area contributed by atoms with Gasteiger partial charge < -0.3 is 10.4 Å². The minimum Gasteiger partial charge on any atom is -0.506 e. The fraction of sp³-hybridized carbons (Fsp3) is 0.300. The zero-order chi connectivity index (χ0) is 18.4. The lowest BCUT2D eigenvalue weighted by Crippen LogP contribution is -2.34. The van der Waals surface area contributed by atoms with Gasteiger partial charge >= 0.3 is 0 Å². The van der Waals surface area contributed by atoms with E-state index >= 15 is 0 Å².